The zero-order valence-corrected chi connectivity index (χ0v) is 15.8. The maximum Gasteiger partial charge on any atom is 0.326 e. The number of thioether (sulfide) groups is 1. The molecule has 0 radical (unpaired) electrons. The molecule has 1 atom stereocenters. The molecule has 1 fully saturated rings. The van der Waals surface area contributed by atoms with Gasteiger partial charge in [0.25, 0.3) is 5.91 Å². The Morgan fingerprint density at radius 2 is 1.96 bits per heavy atom. The Morgan fingerprint density at radius 1 is 1.32 bits per heavy atom. The summed E-state index contributed by atoms with van der Waals surface area (Å²) in [6.07, 6.45) is 1.67. The summed E-state index contributed by atoms with van der Waals surface area (Å²) < 4.78 is 11.3. The highest BCUT2D eigenvalue weighted by Gasteiger charge is 2.38. The Morgan fingerprint density at radius 3 is 2.56 bits per heavy atom. The summed E-state index contributed by atoms with van der Waals surface area (Å²) in [4.78, 5) is 25.1. The summed E-state index contributed by atoms with van der Waals surface area (Å²) >= 11 is 6.24. The number of amides is 1. The van der Waals surface area contributed by atoms with Gasteiger partial charge in [0.15, 0.2) is 11.5 Å². The Bertz CT molecular complexity index is 732. The number of ether oxygens (including phenoxy) is 2. The molecule has 1 aliphatic heterocycles. The van der Waals surface area contributed by atoms with Crippen LogP contribution in [0.5, 0.6) is 11.5 Å². The third kappa shape index (κ3) is 4.32. The molecular weight excluding hydrogens is 362 g/mol. The Labute approximate surface area is 155 Å². The van der Waals surface area contributed by atoms with Gasteiger partial charge in [-0.2, -0.15) is 0 Å². The largest absolute Gasteiger partial charge is 0.490 e. The first-order valence-electron chi connectivity index (χ1n) is 7.78. The van der Waals surface area contributed by atoms with Crippen molar-refractivity contribution in [1.29, 1.82) is 0 Å². The van der Waals surface area contributed by atoms with Crippen LogP contribution in [0.1, 0.15) is 26.3 Å². The molecule has 134 valence electrons. The van der Waals surface area contributed by atoms with Crippen LogP contribution in [0.25, 0.3) is 6.08 Å². The minimum Gasteiger partial charge on any atom is -0.490 e. The zero-order chi connectivity index (χ0) is 18.6. The van der Waals surface area contributed by atoms with Gasteiger partial charge in [-0.15, -0.1) is 0 Å². The Hall–Kier alpha value is -2.06. The lowest BCUT2D eigenvalue weighted by Gasteiger charge is -2.18. The quantitative estimate of drug-likeness (QED) is 0.574. The topological polar surface area (TPSA) is 76.1 Å². The van der Waals surface area contributed by atoms with E-state index in [9.17, 15) is 9.59 Å². The van der Waals surface area contributed by atoms with E-state index in [-0.39, 0.29) is 4.32 Å². The van der Waals surface area contributed by atoms with Gasteiger partial charge in [0.1, 0.15) is 10.4 Å². The molecule has 1 saturated heterocycles. The van der Waals surface area contributed by atoms with E-state index in [1.165, 1.54) is 6.92 Å². The van der Waals surface area contributed by atoms with E-state index >= 15 is 0 Å². The molecule has 1 aromatic rings. The van der Waals surface area contributed by atoms with Gasteiger partial charge >= 0.3 is 5.97 Å². The Balaban J connectivity index is 2.31. The number of benzene rings is 1. The maximum absolute atomic E-state index is 12.5. The normalized spacial score (nSPS) is 17.1. The molecule has 0 bridgehead atoms. The van der Waals surface area contributed by atoms with Gasteiger partial charge in [0.05, 0.1) is 18.1 Å². The summed E-state index contributed by atoms with van der Waals surface area (Å²) in [7, 11) is 0. The summed E-state index contributed by atoms with van der Waals surface area (Å²) in [5, 5.41) is 9.12. The van der Waals surface area contributed by atoms with Crippen molar-refractivity contribution in [2.45, 2.75) is 26.8 Å². The summed E-state index contributed by atoms with van der Waals surface area (Å²) in [6.45, 7) is 6.20. The number of carboxylic acid groups (broad SMARTS) is 1. The average Bonchev–Trinajstić information content (AvgIpc) is 2.83. The second-order valence-electron chi connectivity index (χ2n) is 5.14. The summed E-state index contributed by atoms with van der Waals surface area (Å²) in [6, 6.07) is 4.36. The maximum atomic E-state index is 12.5. The minimum atomic E-state index is -1.10. The van der Waals surface area contributed by atoms with Crippen LogP contribution in [0.15, 0.2) is 23.1 Å². The molecule has 0 aliphatic carbocycles. The van der Waals surface area contributed by atoms with E-state index in [0.29, 0.717) is 29.6 Å². The third-order valence-corrected chi connectivity index (χ3v) is 4.76. The van der Waals surface area contributed by atoms with Crippen molar-refractivity contribution >= 4 is 46.3 Å². The van der Waals surface area contributed by atoms with Gasteiger partial charge in [-0.1, -0.05) is 30.0 Å². The first-order valence-corrected chi connectivity index (χ1v) is 9.01. The molecular formula is C17H19NO5S2. The van der Waals surface area contributed by atoms with E-state index in [4.69, 9.17) is 26.8 Å². The number of aliphatic carboxylic acids is 1. The zero-order valence-electron chi connectivity index (χ0n) is 14.1. The predicted octanol–water partition coefficient (Wildman–Crippen LogP) is 3.16. The van der Waals surface area contributed by atoms with Gasteiger partial charge in [0, 0.05) is 0 Å². The number of nitrogens with zero attached hydrogens (tertiary/aromatic N) is 1. The van der Waals surface area contributed by atoms with Crippen molar-refractivity contribution in [2.24, 2.45) is 0 Å². The number of carbonyl (C=O) groups excluding carboxylic acids is 1. The highest BCUT2D eigenvalue weighted by molar-refractivity contribution is 8.26. The van der Waals surface area contributed by atoms with E-state index in [1.807, 2.05) is 13.8 Å². The first kappa shape index (κ1) is 19.3. The molecule has 0 saturated carbocycles. The fraction of sp³-hybridized carbons (Fsp3) is 0.353. The molecule has 8 heteroatoms. The standard InChI is InChI=1S/C17H19NO5S2/c1-4-22-12-7-6-11(8-13(12)23-5-2)9-14-15(19)18(17(24)25-14)10(3)16(20)21/h6-10H,4-5H2,1-3H3,(H,20,21)/b14-9-. The van der Waals surface area contributed by atoms with Crippen molar-refractivity contribution < 1.29 is 24.2 Å². The van der Waals surface area contributed by atoms with Crippen molar-refractivity contribution in [2.75, 3.05) is 13.2 Å². The average molecular weight is 381 g/mol. The van der Waals surface area contributed by atoms with Crippen molar-refractivity contribution in [3.63, 3.8) is 0 Å². The van der Waals surface area contributed by atoms with Crippen LogP contribution in [0.2, 0.25) is 0 Å². The van der Waals surface area contributed by atoms with E-state index in [2.05, 4.69) is 0 Å². The third-order valence-electron chi connectivity index (χ3n) is 3.43. The number of hydrogen-bond acceptors (Lipinski definition) is 6. The smallest absolute Gasteiger partial charge is 0.326 e. The highest BCUT2D eigenvalue weighted by Crippen LogP contribution is 2.35. The van der Waals surface area contributed by atoms with E-state index < -0.39 is 17.9 Å². The number of hydrogen-bond donors (Lipinski definition) is 1. The number of thiocarbonyl (C=S) groups is 1. The van der Waals surface area contributed by atoms with Crippen LogP contribution < -0.4 is 9.47 Å². The molecule has 0 aromatic heterocycles. The molecule has 1 aromatic carbocycles. The molecule has 2 rings (SSSR count). The predicted molar refractivity (Wildman–Crippen MR) is 101 cm³/mol. The molecule has 25 heavy (non-hydrogen) atoms. The van der Waals surface area contributed by atoms with Crippen LogP contribution in [0.3, 0.4) is 0 Å². The molecule has 1 heterocycles. The van der Waals surface area contributed by atoms with Crippen molar-refractivity contribution in [1.82, 2.24) is 4.90 Å². The van der Waals surface area contributed by atoms with Gasteiger partial charge in [-0.05, 0) is 44.5 Å². The van der Waals surface area contributed by atoms with Gasteiger partial charge in [-0.3, -0.25) is 9.69 Å². The Kier molecular flexibility index (Phi) is 6.44. The van der Waals surface area contributed by atoms with Crippen LogP contribution in [-0.4, -0.2) is 45.5 Å². The van der Waals surface area contributed by atoms with Gasteiger partial charge in [-0.25, -0.2) is 4.79 Å². The molecule has 1 aliphatic rings. The van der Waals surface area contributed by atoms with Crippen molar-refractivity contribution in [3.8, 4) is 11.5 Å². The SMILES string of the molecule is CCOc1ccc(/C=C2\SC(=S)N(C(C)C(=O)O)C2=O)cc1OCC. The monoisotopic (exact) mass is 381 g/mol. The lowest BCUT2D eigenvalue weighted by molar-refractivity contribution is -0.144. The minimum absolute atomic E-state index is 0.238. The van der Waals surface area contributed by atoms with E-state index in [1.54, 1.807) is 24.3 Å². The molecule has 1 amide bonds. The lowest BCUT2D eigenvalue weighted by Crippen LogP contribution is -2.41. The fourth-order valence-corrected chi connectivity index (χ4v) is 3.65. The molecule has 1 N–H and O–H groups in total. The van der Waals surface area contributed by atoms with Gasteiger partial charge < -0.3 is 14.6 Å². The van der Waals surface area contributed by atoms with Crippen LogP contribution in [-0.2, 0) is 9.59 Å². The first-order chi connectivity index (χ1) is 11.9. The van der Waals surface area contributed by atoms with Gasteiger partial charge in [0.2, 0.25) is 0 Å². The fourth-order valence-electron chi connectivity index (χ4n) is 2.23. The number of carbonyl (C=O) groups is 2. The molecule has 0 spiro atoms. The number of rotatable bonds is 7. The lowest BCUT2D eigenvalue weighted by atomic mass is 10.1. The second kappa shape index (κ2) is 8.35. The van der Waals surface area contributed by atoms with Crippen LogP contribution in [0, 0.1) is 0 Å². The van der Waals surface area contributed by atoms with E-state index in [0.717, 1.165) is 22.2 Å². The second-order valence-corrected chi connectivity index (χ2v) is 6.81. The molecule has 6 nitrogen and oxygen atoms in total. The highest BCUT2D eigenvalue weighted by atomic mass is 32.2. The van der Waals surface area contributed by atoms with Crippen LogP contribution >= 0.6 is 24.0 Å². The van der Waals surface area contributed by atoms with Crippen molar-refractivity contribution in [3.05, 3.63) is 28.7 Å². The van der Waals surface area contributed by atoms with Crippen LogP contribution in [0.4, 0.5) is 0 Å². The summed E-state index contributed by atoms with van der Waals surface area (Å²) in [5.74, 6) is -0.282. The number of carboxylic acids is 1. The summed E-state index contributed by atoms with van der Waals surface area (Å²) in [5.41, 5.74) is 0.746. The molecule has 1 unspecified atom stereocenters.